The molecule has 19 heavy (non-hydrogen) atoms. The van der Waals surface area contributed by atoms with Gasteiger partial charge in [-0.25, -0.2) is 8.42 Å². The van der Waals surface area contributed by atoms with Gasteiger partial charge in [-0.05, 0) is 30.9 Å². The summed E-state index contributed by atoms with van der Waals surface area (Å²) in [6, 6.07) is 6.06. The first-order chi connectivity index (χ1) is 9.05. The first-order valence-electron chi connectivity index (χ1n) is 6.33. The third-order valence-electron chi connectivity index (χ3n) is 3.46. The summed E-state index contributed by atoms with van der Waals surface area (Å²) in [5.41, 5.74) is 0. The fourth-order valence-corrected chi connectivity index (χ4v) is 3.92. The van der Waals surface area contributed by atoms with Crippen molar-refractivity contribution in [2.75, 3.05) is 26.8 Å². The van der Waals surface area contributed by atoms with Gasteiger partial charge in [0.2, 0.25) is 10.0 Å². The Balaban J connectivity index is 2.12. The zero-order valence-corrected chi connectivity index (χ0v) is 11.8. The number of aromatic hydroxyl groups is 1. The molecule has 1 aliphatic heterocycles. The van der Waals surface area contributed by atoms with Crippen molar-refractivity contribution in [3.05, 3.63) is 24.3 Å². The zero-order valence-electron chi connectivity index (χ0n) is 10.9. The standard InChI is InChI=1S/C13H19NO4S/c1-18-10-11-6-8-14(9-7-11)19(16,17)13-5-3-2-4-12(13)15/h2-5,11,15H,6-10H2,1H3. The van der Waals surface area contributed by atoms with Gasteiger partial charge in [0.25, 0.3) is 0 Å². The molecule has 0 aliphatic carbocycles. The number of hydrogen-bond acceptors (Lipinski definition) is 4. The van der Waals surface area contributed by atoms with Crippen molar-refractivity contribution in [1.82, 2.24) is 4.31 Å². The van der Waals surface area contributed by atoms with E-state index in [1.165, 1.54) is 16.4 Å². The van der Waals surface area contributed by atoms with E-state index in [0.717, 1.165) is 12.8 Å². The molecule has 106 valence electrons. The Hall–Kier alpha value is -1.11. The van der Waals surface area contributed by atoms with Crippen LogP contribution in [-0.2, 0) is 14.8 Å². The van der Waals surface area contributed by atoms with Gasteiger partial charge in [0.05, 0.1) is 0 Å². The quantitative estimate of drug-likeness (QED) is 0.909. The molecule has 5 nitrogen and oxygen atoms in total. The summed E-state index contributed by atoms with van der Waals surface area (Å²) in [4.78, 5) is -0.0137. The summed E-state index contributed by atoms with van der Waals surface area (Å²) in [5.74, 6) is 0.224. The molecule has 1 N–H and O–H groups in total. The predicted molar refractivity (Wildman–Crippen MR) is 71.5 cm³/mol. The maximum atomic E-state index is 12.4. The highest BCUT2D eigenvalue weighted by atomic mass is 32.2. The molecule has 1 saturated heterocycles. The molecule has 1 heterocycles. The summed E-state index contributed by atoms with van der Waals surface area (Å²) in [6.07, 6.45) is 1.58. The van der Waals surface area contributed by atoms with Crippen LogP contribution in [0.4, 0.5) is 0 Å². The summed E-state index contributed by atoms with van der Waals surface area (Å²) in [7, 11) is -1.93. The van der Waals surface area contributed by atoms with Crippen molar-refractivity contribution in [1.29, 1.82) is 0 Å². The second-order valence-corrected chi connectivity index (χ2v) is 6.68. The molecular formula is C13H19NO4S. The zero-order chi connectivity index (χ0) is 13.9. The largest absolute Gasteiger partial charge is 0.507 e. The Morgan fingerprint density at radius 1 is 1.32 bits per heavy atom. The van der Waals surface area contributed by atoms with Gasteiger partial charge in [-0.3, -0.25) is 0 Å². The number of ether oxygens (including phenoxy) is 1. The minimum atomic E-state index is -3.59. The lowest BCUT2D eigenvalue weighted by Gasteiger charge is -2.30. The third kappa shape index (κ3) is 3.08. The van der Waals surface area contributed by atoms with Crippen LogP contribution in [0.15, 0.2) is 29.2 Å². The van der Waals surface area contributed by atoms with Crippen LogP contribution in [0.25, 0.3) is 0 Å². The van der Waals surface area contributed by atoms with Crippen LogP contribution in [0.5, 0.6) is 5.75 Å². The summed E-state index contributed by atoms with van der Waals surface area (Å²) in [6.45, 7) is 1.62. The van der Waals surface area contributed by atoms with Crippen molar-refractivity contribution in [2.24, 2.45) is 5.92 Å². The van der Waals surface area contributed by atoms with Gasteiger partial charge < -0.3 is 9.84 Å². The molecule has 1 aromatic carbocycles. The van der Waals surface area contributed by atoms with E-state index >= 15 is 0 Å². The average molecular weight is 285 g/mol. The number of rotatable bonds is 4. The van der Waals surface area contributed by atoms with Gasteiger partial charge in [0.15, 0.2) is 0 Å². The summed E-state index contributed by atoms with van der Waals surface area (Å²) >= 11 is 0. The predicted octanol–water partition coefficient (Wildman–Crippen LogP) is 1.44. The van der Waals surface area contributed by atoms with Crippen LogP contribution in [0.2, 0.25) is 0 Å². The minimum Gasteiger partial charge on any atom is -0.507 e. The Morgan fingerprint density at radius 3 is 2.53 bits per heavy atom. The number of sulfonamides is 1. The number of piperidine rings is 1. The highest BCUT2D eigenvalue weighted by Gasteiger charge is 2.30. The Morgan fingerprint density at radius 2 is 1.95 bits per heavy atom. The van der Waals surface area contributed by atoms with E-state index in [2.05, 4.69) is 0 Å². The molecule has 1 aliphatic rings. The Kier molecular flexibility index (Phi) is 4.44. The highest BCUT2D eigenvalue weighted by Crippen LogP contribution is 2.28. The maximum Gasteiger partial charge on any atom is 0.246 e. The topological polar surface area (TPSA) is 66.8 Å². The van der Waals surface area contributed by atoms with E-state index < -0.39 is 10.0 Å². The van der Waals surface area contributed by atoms with Gasteiger partial charge in [-0.15, -0.1) is 0 Å². The van der Waals surface area contributed by atoms with Gasteiger partial charge in [-0.2, -0.15) is 4.31 Å². The van der Waals surface area contributed by atoms with Crippen LogP contribution in [0.1, 0.15) is 12.8 Å². The van der Waals surface area contributed by atoms with Crippen molar-refractivity contribution in [3.63, 3.8) is 0 Å². The van der Waals surface area contributed by atoms with E-state index in [1.54, 1.807) is 19.2 Å². The first kappa shape index (κ1) is 14.3. The van der Waals surface area contributed by atoms with E-state index in [4.69, 9.17) is 4.74 Å². The van der Waals surface area contributed by atoms with Gasteiger partial charge in [-0.1, -0.05) is 12.1 Å². The van der Waals surface area contributed by atoms with Gasteiger partial charge in [0, 0.05) is 26.8 Å². The molecule has 0 bridgehead atoms. The van der Waals surface area contributed by atoms with Crippen molar-refractivity contribution >= 4 is 10.0 Å². The molecule has 0 radical (unpaired) electrons. The Bertz CT molecular complexity index is 521. The molecule has 1 fully saturated rings. The molecule has 6 heteroatoms. The summed E-state index contributed by atoms with van der Waals surface area (Å²) in [5, 5.41) is 9.69. The molecule has 1 aromatic rings. The van der Waals surface area contributed by atoms with E-state index in [9.17, 15) is 13.5 Å². The van der Waals surface area contributed by atoms with Crippen molar-refractivity contribution < 1.29 is 18.3 Å². The molecule has 0 saturated carbocycles. The molecule has 0 atom stereocenters. The SMILES string of the molecule is COCC1CCN(S(=O)(=O)c2ccccc2O)CC1. The van der Waals surface area contributed by atoms with Crippen LogP contribution in [-0.4, -0.2) is 44.6 Å². The number of phenolic OH excluding ortho intramolecular Hbond substituents is 1. The second-order valence-electron chi connectivity index (χ2n) is 4.77. The lowest BCUT2D eigenvalue weighted by atomic mass is 9.99. The van der Waals surface area contributed by atoms with Crippen molar-refractivity contribution in [3.8, 4) is 5.75 Å². The molecule has 0 unspecified atom stereocenters. The van der Waals surface area contributed by atoms with E-state index in [0.29, 0.717) is 25.6 Å². The van der Waals surface area contributed by atoms with Crippen LogP contribution < -0.4 is 0 Å². The molecule has 0 aromatic heterocycles. The number of methoxy groups -OCH3 is 1. The first-order valence-corrected chi connectivity index (χ1v) is 7.77. The normalized spacial score (nSPS) is 18.6. The second kappa shape index (κ2) is 5.90. The fourth-order valence-electron chi connectivity index (χ4n) is 2.37. The average Bonchev–Trinajstić information content (AvgIpc) is 2.40. The van der Waals surface area contributed by atoms with Gasteiger partial charge >= 0.3 is 0 Å². The number of phenols is 1. The number of hydrogen-bond donors (Lipinski definition) is 1. The van der Waals surface area contributed by atoms with Gasteiger partial charge in [0.1, 0.15) is 10.6 Å². The molecule has 0 amide bonds. The molecular weight excluding hydrogens is 266 g/mol. The minimum absolute atomic E-state index is 0.0137. The van der Waals surface area contributed by atoms with Crippen LogP contribution in [0.3, 0.4) is 0 Å². The fraction of sp³-hybridized carbons (Fsp3) is 0.538. The highest BCUT2D eigenvalue weighted by molar-refractivity contribution is 7.89. The lowest BCUT2D eigenvalue weighted by Crippen LogP contribution is -2.39. The van der Waals surface area contributed by atoms with E-state index in [-0.39, 0.29) is 10.6 Å². The van der Waals surface area contributed by atoms with Crippen LogP contribution in [0, 0.1) is 5.92 Å². The smallest absolute Gasteiger partial charge is 0.246 e. The van der Waals surface area contributed by atoms with E-state index in [1.807, 2.05) is 0 Å². The van der Waals surface area contributed by atoms with Crippen LogP contribution >= 0.6 is 0 Å². The molecule has 0 spiro atoms. The van der Waals surface area contributed by atoms with Crippen molar-refractivity contribution in [2.45, 2.75) is 17.7 Å². The monoisotopic (exact) mass is 285 g/mol. The lowest BCUT2D eigenvalue weighted by molar-refractivity contribution is 0.121. The maximum absolute atomic E-state index is 12.4. The Labute approximate surface area is 113 Å². The number of benzene rings is 1. The molecule has 2 rings (SSSR count). The number of nitrogens with zero attached hydrogens (tertiary/aromatic N) is 1. The third-order valence-corrected chi connectivity index (χ3v) is 5.40. The summed E-state index contributed by atoms with van der Waals surface area (Å²) < 4.78 is 31.4. The number of para-hydroxylation sites is 1.